The van der Waals surface area contributed by atoms with Gasteiger partial charge in [0.2, 0.25) is 5.91 Å². The molecule has 0 bridgehead atoms. The van der Waals surface area contributed by atoms with Crippen LogP contribution in [0.1, 0.15) is 33.6 Å². The van der Waals surface area contributed by atoms with Crippen LogP contribution in [0.15, 0.2) is 0 Å². The van der Waals surface area contributed by atoms with Crippen molar-refractivity contribution < 1.29 is 4.79 Å². The van der Waals surface area contributed by atoms with Gasteiger partial charge in [-0.15, -0.1) is 0 Å². The van der Waals surface area contributed by atoms with Gasteiger partial charge in [-0.05, 0) is 25.3 Å². The first kappa shape index (κ1) is 15.0. The van der Waals surface area contributed by atoms with Crippen LogP contribution >= 0.6 is 15.9 Å². The van der Waals surface area contributed by atoms with Crippen LogP contribution in [0.4, 0.5) is 0 Å². The topological polar surface area (TPSA) is 23.6 Å². The van der Waals surface area contributed by atoms with E-state index in [-0.39, 0.29) is 10.7 Å². The summed E-state index contributed by atoms with van der Waals surface area (Å²) in [6.07, 6.45) is 2.21. The molecule has 0 aliphatic carbocycles. The molecule has 0 radical (unpaired) electrons. The van der Waals surface area contributed by atoms with Crippen molar-refractivity contribution in [1.29, 1.82) is 0 Å². The van der Waals surface area contributed by atoms with E-state index in [9.17, 15) is 4.79 Å². The third-order valence-corrected chi connectivity index (χ3v) is 5.17. The highest BCUT2D eigenvalue weighted by Gasteiger charge is 2.29. The van der Waals surface area contributed by atoms with E-state index < -0.39 is 0 Å². The van der Waals surface area contributed by atoms with Crippen LogP contribution in [0, 0.1) is 5.92 Å². The minimum absolute atomic E-state index is 0.0447. The molecule has 1 atom stereocenters. The predicted octanol–water partition coefficient (Wildman–Crippen LogP) is 2.35. The molecular weight excluding hydrogens is 280 g/mol. The molecule has 1 aliphatic heterocycles. The molecule has 0 aromatic carbocycles. The average molecular weight is 305 g/mol. The molecule has 1 heterocycles. The Morgan fingerprint density at radius 3 is 2.35 bits per heavy atom. The fourth-order valence-corrected chi connectivity index (χ4v) is 2.61. The number of rotatable bonds is 4. The fraction of sp³-hybridized carbons (Fsp3) is 0.923. The van der Waals surface area contributed by atoms with Crippen LogP contribution in [-0.4, -0.2) is 53.3 Å². The first-order valence-corrected chi connectivity index (χ1v) is 7.52. The number of carbonyl (C=O) groups is 1. The number of likely N-dealkylation sites (tertiary alicyclic amines) is 1. The Balaban J connectivity index is 2.48. The van der Waals surface area contributed by atoms with Crippen molar-refractivity contribution in [2.75, 3.05) is 26.7 Å². The summed E-state index contributed by atoms with van der Waals surface area (Å²) in [5, 5.41) is 0. The third-order valence-electron chi connectivity index (χ3n) is 3.72. The van der Waals surface area contributed by atoms with Crippen molar-refractivity contribution >= 4 is 21.8 Å². The van der Waals surface area contributed by atoms with Crippen molar-refractivity contribution in [2.45, 2.75) is 44.5 Å². The van der Waals surface area contributed by atoms with Gasteiger partial charge in [-0.1, -0.05) is 36.7 Å². The average Bonchev–Trinajstić information content (AvgIpc) is 2.36. The number of nitrogens with zero attached hydrogens (tertiary/aromatic N) is 2. The molecule has 0 aromatic heterocycles. The largest absolute Gasteiger partial charge is 0.342 e. The minimum atomic E-state index is -0.0447. The molecule has 100 valence electrons. The Labute approximate surface area is 114 Å². The van der Waals surface area contributed by atoms with E-state index in [1.807, 2.05) is 11.9 Å². The number of piperidine rings is 1. The first-order valence-electron chi connectivity index (χ1n) is 6.60. The maximum Gasteiger partial charge on any atom is 0.236 e. The van der Waals surface area contributed by atoms with Gasteiger partial charge in [0.15, 0.2) is 0 Å². The lowest BCUT2D eigenvalue weighted by Gasteiger charge is -2.37. The zero-order valence-corrected chi connectivity index (χ0v) is 13.0. The summed E-state index contributed by atoms with van der Waals surface area (Å²) in [5.41, 5.74) is 0. The summed E-state index contributed by atoms with van der Waals surface area (Å²) in [6.45, 7) is 9.70. The zero-order valence-electron chi connectivity index (χ0n) is 11.4. The van der Waals surface area contributed by atoms with Crippen molar-refractivity contribution in [3.05, 3.63) is 0 Å². The number of alkyl halides is 1. The van der Waals surface area contributed by atoms with Crippen LogP contribution in [0.2, 0.25) is 0 Å². The second-order valence-electron chi connectivity index (χ2n) is 5.26. The summed E-state index contributed by atoms with van der Waals surface area (Å²) >= 11 is 3.50. The summed E-state index contributed by atoms with van der Waals surface area (Å²) in [4.78, 5) is 16.6. The SMILES string of the molecule is CCN1CCC(N(C)C(=O)C(Br)C(C)C)CC1. The lowest BCUT2D eigenvalue weighted by Crippen LogP contribution is -2.48. The number of hydrogen-bond acceptors (Lipinski definition) is 2. The van der Waals surface area contributed by atoms with Crippen LogP contribution in [0.25, 0.3) is 0 Å². The second-order valence-corrected chi connectivity index (χ2v) is 6.25. The quantitative estimate of drug-likeness (QED) is 0.744. The molecule has 17 heavy (non-hydrogen) atoms. The fourth-order valence-electron chi connectivity index (χ4n) is 2.28. The van der Waals surface area contributed by atoms with Gasteiger partial charge in [0.1, 0.15) is 0 Å². The van der Waals surface area contributed by atoms with E-state index in [2.05, 4.69) is 41.6 Å². The van der Waals surface area contributed by atoms with E-state index in [0.29, 0.717) is 12.0 Å². The van der Waals surface area contributed by atoms with E-state index >= 15 is 0 Å². The van der Waals surface area contributed by atoms with Crippen molar-refractivity contribution in [2.24, 2.45) is 5.92 Å². The molecule has 0 spiro atoms. The molecule has 1 amide bonds. The molecule has 1 saturated heterocycles. The Kier molecular flexibility index (Phi) is 5.93. The van der Waals surface area contributed by atoms with Gasteiger partial charge in [0, 0.05) is 26.2 Å². The highest BCUT2D eigenvalue weighted by Crippen LogP contribution is 2.20. The van der Waals surface area contributed by atoms with E-state index in [1.54, 1.807) is 0 Å². The summed E-state index contributed by atoms with van der Waals surface area (Å²) in [5.74, 6) is 0.579. The van der Waals surface area contributed by atoms with Crippen LogP contribution in [0.3, 0.4) is 0 Å². The molecule has 4 heteroatoms. The first-order chi connectivity index (χ1) is 7.97. The van der Waals surface area contributed by atoms with Gasteiger partial charge in [-0.25, -0.2) is 0 Å². The Morgan fingerprint density at radius 1 is 1.41 bits per heavy atom. The van der Waals surface area contributed by atoms with Gasteiger partial charge in [0.25, 0.3) is 0 Å². The van der Waals surface area contributed by atoms with Crippen molar-refractivity contribution in [3.63, 3.8) is 0 Å². The normalized spacial score (nSPS) is 20.6. The number of carbonyl (C=O) groups excluding carboxylic acids is 1. The summed E-state index contributed by atoms with van der Waals surface area (Å²) in [7, 11) is 1.95. The highest BCUT2D eigenvalue weighted by atomic mass is 79.9. The smallest absolute Gasteiger partial charge is 0.236 e. The van der Waals surface area contributed by atoms with E-state index in [4.69, 9.17) is 0 Å². The Bertz CT molecular complexity index is 250. The monoisotopic (exact) mass is 304 g/mol. The Morgan fingerprint density at radius 2 is 1.94 bits per heavy atom. The van der Waals surface area contributed by atoms with Crippen LogP contribution in [-0.2, 0) is 4.79 Å². The van der Waals surface area contributed by atoms with Gasteiger partial charge < -0.3 is 9.80 Å². The molecule has 0 N–H and O–H groups in total. The van der Waals surface area contributed by atoms with Crippen molar-refractivity contribution in [1.82, 2.24) is 9.80 Å². The predicted molar refractivity (Wildman–Crippen MR) is 75.5 cm³/mol. The molecule has 0 saturated carbocycles. The third kappa shape index (κ3) is 3.95. The second kappa shape index (κ2) is 6.74. The number of halogens is 1. The summed E-state index contributed by atoms with van der Waals surface area (Å²) in [6, 6.07) is 0.420. The summed E-state index contributed by atoms with van der Waals surface area (Å²) < 4.78 is 0. The molecule has 1 aliphatic rings. The van der Waals surface area contributed by atoms with Crippen LogP contribution < -0.4 is 0 Å². The lowest BCUT2D eigenvalue weighted by molar-refractivity contribution is -0.132. The van der Waals surface area contributed by atoms with Gasteiger partial charge in [-0.2, -0.15) is 0 Å². The standard InChI is InChI=1S/C13H25BrN2O/c1-5-16-8-6-11(7-9-16)15(4)13(17)12(14)10(2)3/h10-12H,5-9H2,1-4H3. The zero-order chi connectivity index (χ0) is 13.0. The van der Waals surface area contributed by atoms with E-state index in [0.717, 1.165) is 32.5 Å². The van der Waals surface area contributed by atoms with Gasteiger partial charge in [-0.3, -0.25) is 4.79 Å². The van der Waals surface area contributed by atoms with Gasteiger partial charge in [0.05, 0.1) is 4.83 Å². The van der Waals surface area contributed by atoms with Crippen LogP contribution in [0.5, 0.6) is 0 Å². The Hall–Kier alpha value is -0.0900. The molecule has 0 aromatic rings. The lowest BCUT2D eigenvalue weighted by atomic mass is 10.0. The maximum atomic E-state index is 12.2. The van der Waals surface area contributed by atoms with Gasteiger partial charge >= 0.3 is 0 Å². The van der Waals surface area contributed by atoms with E-state index in [1.165, 1.54) is 0 Å². The number of amides is 1. The molecular formula is C13H25BrN2O. The highest BCUT2D eigenvalue weighted by molar-refractivity contribution is 9.10. The molecule has 1 rings (SSSR count). The maximum absolute atomic E-state index is 12.2. The number of hydrogen-bond donors (Lipinski definition) is 0. The van der Waals surface area contributed by atoms with Crippen molar-refractivity contribution in [3.8, 4) is 0 Å². The minimum Gasteiger partial charge on any atom is -0.342 e. The molecule has 3 nitrogen and oxygen atoms in total. The molecule has 1 unspecified atom stereocenters. The molecule has 1 fully saturated rings.